The van der Waals surface area contributed by atoms with Gasteiger partial charge >= 0.3 is 5.97 Å². The van der Waals surface area contributed by atoms with Crippen LogP contribution < -0.4 is 10.6 Å². The molecule has 3 saturated heterocycles. The molecule has 3 aliphatic heterocycles. The Morgan fingerprint density at radius 1 is 1.06 bits per heavy atom. The Bertz CT molecular complexity index is 1170. The summed E-state index contributed by atoms with van der Waals surface area (Å²) >= 11 is 0. The zero-order valence-corrected chi connectivity index (χ0v) is 29.3. The molecule has 3 heterocycles. The highest BCUT2D eigenvalue weighted by Crippen LogP contribution is 2.43. The largest absolute Gasteiger partial charge is 0.459 e. The molecule has 0 aromatic rings. The molecule has 1 spiro atoms. The van der Waals surface area contributed by atoms with Gasteiger partial charge in [0.1, 0.15) is 23.9 Å². The van der Waals surface area contributed by atoms with Gasteiger partial charge in [0, 0.05) is 31.5 Å². The number of rotatable bonds is 12. The Labute approximate surface area is 280 Å². The fourth-order valence-electron chi connectivity index (χ4n) is 7.12. The van der Waals surface area contributed by atoms with Crippen molar-refractivity contribution >= 4 is 17.8 Å². The molecule has 11 heteroatoms. The van der Waals surface area contributed by atoms with Gasteiger partial charge < -0.3 is 39.6 Å². The Morgan fingerprint density at radius 2 is 1.77 bits per heavy atom. The van der Waals surface area contributed by atoms with Gasteiger partial charge in [0.15, 0.2) is 0 Å². The van der Waals surface area contributed by atoms with Crippen LogP contribution in [-0.4, -0.2) is 109 Å². The summed E-state index contributed by atoms with van der Waals surface area (Å²) in [6.07, 6.45) is 13.0. The van der Waals surface area contributed by atoms with Crippen LogP contribution in [0.25, 0.3) is 0 Å². The Hall–Kier alpha value is -2.57. The number of nitrogens with one attached hydrogen (secondary N) is 2. The van der Waals surface area contributed by atoms with Crippen molar-refractivity contribution in [2.45, 2.75) is 146 Å². The second kappa shape index (κ2) is 16.7. The molecule has 0 bridgehead atoms. The van der Waals surface area contributed by atoms with Gasteiger partial charge in [-0.15, -0.1) is 0 Å². The molecule has 2 amide bonds. The summed E-state index contributed by atoms with van der Waals surface area (Å²) in [5.41, 5.74) is 0.384. The monoisotopic (exact) mass is 659 g/mol. The summed E-state index contributed by atoms with van der Waals surface area (Å²) < 4.78 is 23.3. The number of esters is 1. The van der Waals surface area contributed by atoms with Crippen LogP contribution in [0.15, 0.2) is 36.0 Å². The number of allylic oxidation sites excluding steroid dienone is 2. The van der Waals surface area contributed by atoms with E-state index in [1.165, 1.54) is 13.0 Å². The van der Waals surface area contributed by atoms with E-state index in [0.717, 1.165) is 37.7 Å². The van der Waals surface area contributed by atoms with Crippen molar-refractivity contribution in [2.75, 3.05) is 20.7 Å². The van der Waals surface area contributed by atoms with Crippen molar-refractivity contribution in [3.63, 3.8) is 0 Å². The van der Waals surface area contributed by atoms with E-state index in [2.05, 4.69) is 42.6 Å². The van der Waals surface area contributed by atoms with E-state index >= 15 is 0 Å². The van der Waals surface area contributed by atoms with Crippen LogP contribution in [0.4, 0.5) is 0 Å². The molecule has 264 valence electrons. The number of hydrogen-bond donors (Lipinski definition) is 3. The van der Waals surface area contributed by atoms with Gasteiger partial charge in [-0.05, 0) is 85.4 Å². The van der Waals surface area contributed by atoms with Crippen molar-refractivity contribution in [2.24, 2.45) is 5.92 Å². The first-order valence-electron chi connectivity index (χ1n) is 17.3. The van der Waals surface area contributed by atoms with E-state index in [0.29, 0.717) is 25.5 Å². The highest BCUT2D eigenvalue weighted by atomic mass is 16.6. The molecule has 0 radical (unpaired) electrons. The van der Waals surface area contributed by atoms with Crippen molar-refractivity contribution in [3.05, 3.63) is 36.0 Å². The predicted octanol–water partition coefficient (Wildman–Crippen LogP) is 3.35. The fraction of sp³-hybridized carbons (Fsp3) is 0.750. The van der Waals surface area contributed by atoms with Gasteiger partial charge in [-0.2, -0.15) is 0 Å². The third-order valence-electron chi connectivity index (χ3n) is 10.1. The van der Waals surface area contributed by atoms with E-state index in [4.69, 9.17) is 18.9 Å². The minimum absolute atomic E-state index is 0.00140. The van der Waals surface area contributed by atoms with Crippen LogP contribution in [0.3, 0.4) is 0 Å². The zero-order valence-electron chi connectivity index (χ0n) is 29.3. The number of aliphatic hydroxyl groups is 1. The van der Waals surface area contributed by atoms with Gasteiger partial charge in [0.2, 0.25) is 11.8 Å². The maximum Gasteiger partial charge on any atom is 0.303 e. The second-order valence-electron chi connectivity index (χ2n) is 14.4. The molecule has 0 aromatic heterocycles. The normalized spacial score (nSPS) is 36.9. The topological polar surface area (TPSA) is 139 Å². The maximum absolute atomic E-state index is 12.9. The number of epoxide rings is 1. The molecule has 0 aromatic carbocycles. The number of aliphatic hydroxyl groups excluding tert-OH is 1. The molecule has 4 aliphatic rings. The SMILES string of the molecule is CC(=O)O[C@@H](C)/C=C\C(=O)N[C@@H]1C[C@H](C)[C@H](C/C=C(C)/C=C/[C@H]2O[C@H](CC(=O)N[C@H]3CC[C@H](N(C)C)CC3)C[C@@]3(CO3)[C@@H]2O)O[C@@H]1C. The molecule has 9 atom stereocenters. The summed E-state index contributed by atoms with van der Waals surface area (Å²) in [6.45, 7) is 9.61. The van der Waals surface area contributed by atoms with Crippen LogP contribution >= 0.6 is 0 Å². The van der Waals surface area contributed by atoms with E-state index in [1.54, 1.807) is 13.0 Å². The van der Waals surface area contributed by atoms with Gasteiger partial charge in [-0.25, -0.2) is 0 Å². The maximum atomic E-state index is 12.9. The lowest BCUT2D eigenvalue weighted by Gasteiger charge is -2.39. The lowest BCUT2D eigenvalue weighted by atomic mass is 9.87. The number of hydrogen-bond acceptors (Lipinski definition) is 9. The molecule has 1 aliphatic carbocycles. The number of ether oxygens (including phenoxy) is 4. The minimum Gasteiger partial charge on any atom is -0.459 e. The average Bonchev–Trinajstić information content (AvgIpc) is 3.77. The summed E-state index contributed by atoms with van der Waals surface area (Å²) in [5, 5.41) is 17.3. The zero-order chi connectivity index (χ0) is 34.3. The molecule has 1 saturated carbocycles. The highest BCUT2D eigenvalue weighted by molar-refractivity contribution is 5.87. The fourth-order valence-corrected chi connectivity index (χ4v) is 7.12. The first-order valence-corrected chi connectivity index (χ1v) is 17.3. The Kier molecular flexibility index (Phi) is 13.2. The molecule has 11 nitrogen and oxygen atoms in total. The first kappa shape index (κ1) is 37.3. The standard InChI is InChI=1S/C36H57N3O8/c1-22(8-15-31-23(2)18-30(25(4)46-31)38-33(41)17-10-24(3)45-26(5)40)9-16-32-35(43)36(21-44-36)20-29(47-32)19-34(42)37-27-11-13-28(14-12-27)39(6)7/h8-10,16-17,23-25,27-32,35,43H,11-15,18-21H2,1-7H3,(H,37,42)(H,38,41)/b16-9+,17-10-,22-8+/t23-,24-,25+,27-,28-,29+,30+,31-,32+,35+,36+/m0/s1. The lowest BCUT2D eigenvalue weighted by molar-refractivity contribution is -0.146. The lowest BCUT2D eigenvalue weighted by Crippen LogP contribution is -2.51. The Balaban J connectivity index is 1.24. The van der Waals surface area contributed by atoms with Crippen LogP contribution in [-0.2, 0) is 33.3 Å². The Morgan fingerprint density at radius 3 is 2.40 bits per heavy atom. The van der Waals surface area contributed by atoms with E-state index in [9.17, 15) is 19.5 Å². The summed E-state index contributed by atoms with van der Waals surface area (Å²) in [5.74, 6) is -0.418. The summed E-state index contributed by atoms with van der Waals surface area (Å²) in [6, 6.07) is 0.663. The smallest absolute Gasteiger partial charge is 0.303 e. The average molecular weight is 660 g/mol. The molecular formula is C36H57N3O8. The third kappa shape index (κ3) is 11.0. The van der Waals surface area contributed by atoms with Crippen LogP contribution in [0.5, 0.6) is 0 Å². The van der Waals surface area contributed by atoms with Crippen LogP contribution in [0.2, 0.25) is 0 Å². The molecule has 4 rings (SSSR count). The molecule has 0 unspecified atom stereocenters. The van der Waals surface area contributed by atoms with E-state index in [-0.39, 0.29) is 54.5 Å². The number of amides is 2. The highest BCUT2D eigenvalue weighted by Gasteiger charge is 2.58. The van der Waals surface area contributed by atoms with E-state index < -0.39 is 29.9 Å². The van der Waals surface area contributed by atoms with Crippen molar-refractivity contribution in [1.82, 2.24) is 15.5 Å². The number of carbonyl (C=O) groups is 3. The second-order valence-corrected chi connectivity index (χ2v) is 14.4. The predicted molar refractivity (Wildman–Crippen MR) is 178 cm³/mol. The summed E-state index contributed by atoms with van der Waals surface area (Å²) in [4.78, 5) is 38.7. The van der Waals surface area contributed by atoms with Gasteiger partial charge in [-0.1, -0.05) is 30.7 Å². The molecular weight excluding hydrogens is 602 g/mol. The third-order valence-corrected chi connectivity index (χ3v) is 10.1. The van der Waals surface area contributed by atoms with Crippen molar-refractivity contribution in [1.29, 1.82) is 0 Å². The molecule has 4 fully saturated rings. The van der Waals surface area contributed by atoms with Crippen molar-refractivity contribution in [3.8, 4) is 0 Å². The van der Waals surface area contributed by atoms with Crippen molar-refractivity contribution < 1.29 is 38.4 Å². The van der Waals surface area contributed by atoms with Gasteiger partial charge in [-0.3, -0.25) is 14.4 Å². The number of carbonyl (C=O) groups excluding carboxylic acids is 3. The molecule has 47 heavy (non-hydrogen) atoms. The minimum atomic E-state index is -0.790. The van der Waals surface area contributed by atoms with Crippen LogP contribution in [0.1, 0.15) is 86.0 Å². The van der Waals surface area contributed by atoms with Crippen LogP contribution in [0, 0.1) is 5.92 Å². The quantitative estimate of drug-likeness (QED) is 0.125. The first-order chi connectivity index (χ1) is 22.2. The molecule has 3 N–H and O–H groups in total. The van der Waals surface area contributed by atoms with Gasteiger partial charge in [0.25, 0.3) is 0 Å². The summed E-state index contributed by atoms with van der Waals surface area (Å²) in [7, 11) is 4.22. The van der Waals surface area contributed by atoms with Gasteiger partial charge in [0.05, 0.1) is 37.4 Å². The van der Waals surface area contributed by atoms with E-state index in [1.807, 2.05) is 26.0 Å². The number of nitrogens with zero attached hydrogens (tertiary/aromatic N) is 1.